The van der Waals surface area contributed by atoms with Crippen molar-refractivity contribution < 1.29 is 9.53 Å². The number of aromatic nitrogens is 3. The Kier molecular flexibility index (Phi) is 3.51. The number of nitrogens with zero attached hydrogens (tertiary/aromatic N) is 2. The highest BCUT2D eigenvalue weighted by atomic mass is 16.5. The van der Waals surface area contributed by atoms with Gasteiger partial charge in [-0.05, 0) is 43.2 Å². The summed E-state index contributed by atoms with van der Waals surface area (Å²) in [5, 5.41) is 2.85. The summed E-state index contributed by atoms with van der Waals surface area (Å²) >= 11 is 0. The Morgan fingerprint density at radius 3 is 3.04 bits per heavy atom. The number of amides is 1. The normalized spacial score (nSPS) is 17.5. The quantitative estimate of drug-likeness (QED) is 0.779. The monoisotopic (exact) mass is 308 g/mol. The number of hydrogen-bond acceptors (Lipinski definition) is 4. The van der Waals surface area contributed by atoms with E-state index >= 15 is 0 Å². The number of carbonyl (C=O) groups excluding carboxylic acids is 1. The molecule has 6 nitrogen and oxygen atoms in total. The molecule has 4 rings (SSSR count). The molecule has 23 heavy (non-hydrogen) atoms. The van der Waals surface area contributed by atoms with Crippen molar-refractivity contribution in [2.24, 2.45) is 0 Å². The first kappa shape index (κ1) is 13.9. The zero-order valence-electron chi connectivity index (χ0n) is 12.5. The van der Waals surface area contributed by atoms with Gasteiger partial charge in [0.05, 0.1) is 11.0 Å². The maximum absolute atomic E-state index is 12.1. The second-order valence-electron chi connectivity index (χ2n) is 5.52. The van der Waals surface area contributed by atoms with Gasteiger partial charge in [-0.25, -0.2) is 4.98 Å². The summed E-state index contributed by atoms with van der Waals surface area (Å²) in [6, 6.07) is 10.8. The number of benzene rings is 1. The molecule has 1 aliphatic heterocycles. The van der Waals surface area contributed by atoms with Crippen LogP contribution in [0, 0.1) is 0 Å². The van der Waals surface area contributed by atoms with Crippen LogP contribution in [0.5, 0.6) is 0 Å². The maximum Gasteiger partial charge on any atom is 0.274 e. The minimum absolute atomic E-state index is 0.0500. The highest BCUT2D eigenvalue weighted by Gasteiger charge is 2.21. The molecule has 1 aliphatic rings. The summed E-state index contributed by atoms with van der Waals surface area (Å²) in [4.78, 5) is 24.0. The predicted octanol–water partition coefficient (Wildman–Crippen LogP) is 3.06. The number of anilines is 1. The van der Waals surface area contributed by atoms with Crippen molar-refractivity contribution in [3.05, 3.63) is 54.1 Å². The van der Waals surface area contributed by atoms with E-state index in [1.165, 1.54) is 0 Å². The van der Waals surface area contributed by atoms with Gasteiger partial charge in [0.15, 0.2) is 0 Å². The van der Waals surface area contributed by atoms with Gasteiger partial charge < -0.3 is 15.0 Å². The Morgan fingerprint density at radius 2 is 2.26 bits per heavy atom. The number of pyridine rings is 1. The largest absolute Gasteiger partial charge is 0.370 e. The Labute approximate surface area is 132 Å². The molecule has 0 bridgehead atoms. The fourth-order valence-corrected chi connectivity index (χ4v) is 2.75. The second kappa shape index (κ2) is 5.81. The lowest BCUT2D eigenvalue weighted by Crippen LogP contribution is -2.13. The molecule has 0 saturated carbocycles. The third kappa shape index (κ3) is 2.80. The number of nitrogens with one attached hydrogen (secondary N) is 2. The lowest BCUT2D eigenvalue weighted by atomic mass is 10.2. The zero-order valence-corrected chi connectivity index (χ0v) is 12.5. The average molecular weight is 308 g/mol. The molecule has 0 radical (unpaired) electrons. The predicted molar refractivity (Wildman–Crippen MR) is 86.2 cm³/mol. The van der Waals surface area contributed by atoms with Crippen molar-refractivity contribution in [2.45, 2.75) is 18.9 Å². The summed E-state index contributed by atoms with van der Waals surface area (Å²) in [5.74, 6) is 0.620. The Morgan fingerprint density at radius 1 is 1.30 bits per heavy atom. The third-order valence-electron chi connectivity index (χ3n) is 3.89. The number of ether oxygens (including phenoxy) is 1. The molecular weight excluding hydrogens is 292 g/mol. The molecule has 2 aromatic heterocycles. The van der Waals surface area contributed by atoms with Crippen molar-refractivity contribution >= 4 is 22.6 Å². The molecule has 1 atom stereocenters. The lowest BCUT2D eigenvalue weighted by molar-refractivity contribution is 0.102. The van der Waals surface area contributed by atoms with E-state index in [-0.39, 0.29) is 12.0 Å². The van der Waals surface area contributed by atoms with Crippen LogP contribution in [0.3, 0.4) is 0 Å². The van der Waals surface area contributed by atoms with E-state index in [1.54, 1.807) is 24.4 Å². The van der Waals surface area contributed by atoms with Crippen molar-refractivity contribution in [1.29, 1.82) is 0 Å². The zero-order chi connectivity index (χ0) is 15.6. The van der Waals surface area contributed by atoms with Gasteiger partial charge in [0.25, 0.3) is 5.91 Å². The maximum atomic E-state index is 12.1. The van der Waals surface area contributed by atoms with Crippen LogP contribution in [0.1, 0.15) is 35.3 Å². The Bertz CT molecular complexity index is 838. The molecule has 3 aromatic rings. The molecular formula is C17H16N4O2. The van der Waals surface area contributed by atoms with Gasteiger partial charge in [-0.2, -0.15) is 0 Å². The van der Waals surface area contributed by atoms with Crippen LogP contribution in [-0.2, 0) is 4.74 Å². The van der Waals surface area contributed by atoms with Crippen LogP contribution in [0.4, 0.5) is 5.69 Å². The van der Waals surface area contributed by atoms with Crippen LogP contribution in [0.2, 0.25) is 0 Å². The molecule has 1 saturated heterocycles. The molecule has 0 unspecified atom stereocenters. The van der Waals surface area contributed by atoms with E-state index in [2.05, 4.69) is 20.3 Å². The fourth-order valence-electron chi connectivity index (χ4n) is 2.75. The van der Waals surface area contributed by atoms with Crippen molar-refractivity contribution in [1.82, 2.24) is 15.0 Å². The molecule has 116 valence electrons. The summed E-state index contributed by atoms with van der Waals surface area (Å²) in [6.07, 6.45) is 3.70. The molecule has 6 heteroatoms. The van der Waals surface area contributed by atoms with E-state index in [4.69, 9.17) is 4.74 Å². The van der Waals surface area contributed by atoms with Gasteiger partial charge in [0, 0.05) is 18.5 Å². The second-order valence-corrected chi connectivity index (χ2v) is 5.52. The minimum Gasteiger partial charge on any atom is -0.370 e. The average Bonchev–Trinajstić information content (AvgIpc) is 3.24. The van der Waals surface area contributed by atoms with Gasteiger partial charge in [-0.1, -0.05) is 6.07 Å². The third-order valence-corrected chi connectivity index (χ3v) is 3.89. The molecule has 1 amide bonds. The first-order valence-electron chi connectivity index (χ1n) is 7.63. The standard InChI is InChI=1S/C17H16N4O2/c22-17(13-4-1-2-8-18-13)19-11-6-7-12-14(10-11)21-16(20-12)15-5-3-9-23-15/h1-2,4,6-8,10,15H,3,5,9H2,(H,19,22)(H,20,21)/t15-/m1/s1. The van der Waals surface area contributed by atoms with Gasteiger partial charge in [-0.3, -0.25) is 9.78 Å². The molecule has 3 heterocycles. The van der Waals surface area contributed by atoms with E-state index in [0.717, 1.165) is 36.3 Å². The number of rotatable bonds is 3. The number of H-pyrrole nitrogens is 1. The number of imidazole rings is 1. The first-order valence-corrected chi connectivity index (χ1v) is 7.63. The Balaban J connectivity index is 1.57. The first-order chi connectivity index (χ1) is 11.3. The van der Waals surface area contributed by atoms with Crippen LogP contribution in [0.15, 0.2) is 42.6 Å². The number of fused-ring (bicyclic) bond motifs is 1. The minimum atomic E-state index is -0.233. The summed E-state index contributed by atoms with van der Waals surface area (Å²) < 4.78 is 5.65. The molecule has 1 fully saturated rings. The Hall–Kier alpha value is -2.73. The van der Waals surface area contributed by atoms with Crippen LogP contribution in [0.25, 0.3) is 11.0 Å². The van der Waals surface area contributed by atoms with Gasteiger partial charge in [0.1, 0.15) is 17.6 Å². The highest BCUT2D eigenvalue weighted by molar-refractivity contribution is 6.03. The van der Waals surface area contributed by atoms with Crippen LogP contribution < -0.4 is 5.32 Å². The number of hydrogen-bond donors (Lipinski definition) is 2. The SMILES string of the molecule is O=C(Nc1ccc2nc([C@H]3CCCO3)[nH]c2c1)c1ccccn1. The van der Waals surface area contributed by atoms with Crippen molar-refractivity contribution in [2.75, 3.05) is 11.9 Å². The summed E-state index contributed by atoms with van der Waals surface area (Å²) in [5.41, 5.74) is 2.84. The van der Waals surface area contributed by atoms with E-state index < -0.39 is 0 Å². The van der Waals surface area contributed by atoms with E-state index in [9.17, 15) is 4.79 Å². The van der Waals surface area contributed by atoms with Crippen molar-refractivity contribution in [3.63, 3.8) is 0 Å². The van der Waals surface area contributed by atoms with Crippen LogP contribution in [-0.4, -0.2) is 27.5 Å². The van der Waals surface area contributed by atoms with Gasteiger partial charge >= 0.3 is 0 Å². The molecule has 0 spiro atoms. The van der Waals surface area contributed by atoms with Crippen LogP contribution >= 0.6 is 0 Å². The van der Waals surface area contributed by atoms with Gasteiger partial charge in [0.2, 0.25) is 0 Å². The summed E-state index contributed by atoms with van der Waals surface area (Å²) in [6.45, 7) is 0.785. The van der Waals surface area contributed by atoms with E-state index in [0.29, 0.717) is 11.4 Å². The lowest BCUT2D eigenvalue weighted by Gasteiger charge is -2.04. The van der Waals surface area contributed by atoms with Crippen molar-refractivity contribution in [3.8, 4) is 0 Å². The topological polar surface area (TPSA) is 79.9 Å². The molecule has 1 aromatic carbocycles. The number of aromatic amines is 1. The van der Waals surface area contributed by atoms with E-state index in [1.807, 2.05) is 18.2 Å². The smallest absolute Gasteiger partial charge is 0.274 e. The highest BCUT2D eigenvalue weighted by Crippen LogP contribution is 2.28. The molecule has 0 aliphatic carbocycles. The van der Waals surface area contributed by atoms with Gasteiger partial charge in [-0.15, -0.1) is 0 Å². The molecule has 2 N–H and O–H groups in total. The fraction of sp³-hybridized carbons (Fsp3) is 0.235. The number of carbonyl (C=O) groups is 1. The summed E-state index contributed by atoms with van der Waals surface area (Å²) in [7, 11) is 0.